The third-order valence-electron chi connectivity index (χ3n) is 4.53. The van der Waals surface area contributed by atoms with Crippen LogP contribution in [0.5, 0.6) is 0 Å². The zero-order chi connectivity index (χ0) is 20.4. The molecule has 6 nitrogen and oxygen atoms in total. The third kappa shape index (κ3) is 3.83. The van der Waals surface area contributed by atoms with Gasteiger partial charge in [-0.05, 0) is 36.6 Å². The first-order valence-electron chi connectivity index (χ1n) is 8.93. The van der Waals surface area contributed by atoms with Crippen molar-refractivity contribution in [1.29, 1.82) is 0 Å². The van der Waals surface area contributed by atoms with Crippen LogP contribution in [0.2, 0.25) is 5.02 Å². The maximum Gasteiger partial charge on any atom is 0.345 e. The van der Waals surface area contributed by atoms with E-state index in [2.05, 4.69) is 15.4 Å². The molecule has 2 amide bonds. The van der Waals surface area contributed by atoms with E-state index in [9.17, 15) is 9.59 Å². The Labute approximate surface area is 171 Å². The Hall–Kier alpha value is -3.64. The first kappa shape index (κ1) is 18.7. The molecule has 0 spiro atoms. The first-order chi connectivity index (χ1) is 14.0. The third-order valence-corrected chi connectivity index (χ3v) is 4.76. The predicted octanol–water partition coefficient (Wildman–Crippen LogP) is 4.93. The highest BCUT2D eigenvalue weighted by molar-refractivity contribution is 6.30. The number of anilines is 1. The number of amides is 2. The Morgan fingerprint density at radius 3 is 2.69 bits per heavy atom. The number of aryl methyl sites for hydroxylation is 1. The normalized spacial score (nSPS) is 11.2. The highest BCUT2D eigenvalue weighted by atomic mass is 35.5. The molecule has 0 atom stereocenters. The minimum atomic E-state index is -0.560. The van der Waals surface area contributed by atoms with Crippen molar-refractivity contribution in [3.8, 4) is 5.69 Å². The van der Waals surface area contributed by atoms with Crippen LogP contribution in [0, 0.1) is 6.92 Å². The summed E-state index contributed by atoms with van der Waals surface area (Å²) in [7, 11) is 0. The standard InChI is InChI=1S/C22H17ClN4O2/c1-14-19(21(28)27(26-14)17-9-5-8-16(23)12-17)13-24-22(29)25-20-11-4-7-15-6-2-3-10-18(15)20/h2-13,26H,1H3,(H,25,29)/b24-13+. The molecule has 0 saturated carbocycles. The summed E-state index contributed by atoms with van der Waals surface area (Å²) >= 11 is 6.01. The second-order valence-corrected chi connectivity index (χ2v) is 6.92. The Morgan fingerprint density at radius 2 is 1.86 bits per heavy atom. The second kappa shape index (κ2) is 7.77. The average Bonchev–Trinajstić information content (AvgIpc) is 3.00. The van der Waals surface area contributed by atoms with Gasteiger partial charge >= 0.3 is 6.03 Å². The van der Waals surface area contributed by atoms with Gasteiger partial charge in [-0.1, -0.05) is 54.1 Å². The number of aliphatic imine (C=N–C) groups is 1. The fourth-order valence-electron chi connectivity index (χ4n) is 3.11. The van der Waals surface area contributed by atoms with Crippen molar-refractivity contribution >= 4 is 40.3 Å². The van der Waals surface area contributed by atoms with Gasteiger partial charge < -0.3 is 5.32 Å². The number of nitrogens with zero attached hydrogens (tertiary/aromatic N) is 2. The number of H-pyrrole nitrogens is 1. The van der Waals surface area contributed by atoms with Gasteiger partial charge in [-0.3, -0.25) is 9.89 Å². The summed E-state index contributed by atoms with van der Waals surface area (Å²) in [5.74, 6) is 0. The van der Waals surface area contributed by atoms with Crippen LogP contribution in [0.15, 0.2) is 76.5 Å². The molecule has 1 heterocycles. The van der Waals surface area contributed by atoms with Crippen molar-refractivity contribution in [1.82, 2.24) is 9.78 Å². The maximum atomic E-state index is 12.7. The maximum absolute atomic E-state index is 12.7. The summed E-state index contributed by atoms with van der Waals surface area (Å²) in [5.41, 5.74) is 1.85. The lowest BCUT2D eigenvalue weighted by Gasteiger charge is -2.06. The highest BCUT2D eigenvalue weighted by Gasteiger charge is 2.12. The van der Waals surface area contributed by atoms with Crippen molar-refractivity contribution in [2.75, 3.05) is 5.32 Å². The van der Waals surface area contributed by atoms with Gasteiger partial charge in [0.05, 0.1) is 16.9 Å². The summed E-state index contributed by atoms with van der Waals surface area (Å²) in [4.78, 5) is 28.9. The van der Waals surface area contributed by atoms with E-state index in [1.54, 1.807) is 31.2 Å². The van der Waals surface area contributed by atoms with Crippen LogP contribution in [0.3, 0.4) is 0 Å². The molecule has 0 unspecified atom stereocenters. The number of hydrogen-bond acceptors (Lipinski definition) is 2. The lowest BCUT2D eigenvalue weighted by molar-refractivity contribution is 0.259. The van der Waals surface area contributed by atoms with Crippen LogP contribution in [0.1, 0.15) is 11.3 Å². The summed E-state index contributed by atoms with van der Waals surface area (Å²) in [6.45, 7) is 1.74. The summed E-state index contributed by atoms with van der Waals surface area (Å²) in [6.07, 6.45) is 1.27. The minimum Gasteiger partial charge on any atom is -0.305 e. The van der Waals surface area contributed by atoms with Gasteiger partial charge in [0.2, 0.25) is 0 Å². The predicted molar refractivity (Wildman–Crippen MR) is 117 cm³/mol. The largest absolute Gasteiger partial charge is 0.345 e. The highest BCUT2D eigenvalue weighted by Crippen LogP contribution is 2.23. The number of rotatable bonds is 3. The van der Waals surface area contributed by atoms with Crippen molar-refractivity contribution in [3.63, 3.8) is 0 Å². The van der Waals surface area contributed by atoms with E-state index in [-0.39, 0.29) is 5.56 Å². The molecule has 144 valence electrons. The van der Waals surface area contributed by atoms with Gasteiger partial charge in [0, 0.05) is 22.3 Å². The zero-order valence-corrected chi connectivity index (χ0v) is 16.3. The Kier molecular flexibility index (Phi) is 5.01. The summed E-state index contributed by atoms with van der Waals surface area (Å²) < 4.78 is 1.37. The minimum absolute atomic E-state index is 0.304. The fourth-order valence-corrected chi connectivity index (χ4v) is 3.30. The molecule has 3 aromatic carbocycles. The molecular formula is C22H17ClN4O2. The van der Waals surface area contributed by atoms with E-state index >= 15 is 0 Å². The van der Waals surface area contributed by atoms with Crippen LogP contribution in [0.25, 0.3) is 16.5 Å². The number of carbonyl (C=O) groups is 1. The topological polar surface area (TPSA) is 79.2 Å². The molecule has 0 radical (unpaired) electrons. The number of nitrogens with one attached hydrogen (secondary N) is 2. The Balaban J connectivity index is 1.59. The molecule has 7 heteroatoms. The molecule has 1 aromatic heterocycles. The molecule has 4 aromatic rings. The molecule has 0 aliphatic carbocycles. The van der Waals surface area contributed by atoms with Gasteiger partial charge in [0.1, 0.15) is 0 Å². The first-order valence-corrected chi connectivity index (χ1v) is 9.31. The van der Waals surface area contributed by atoms with E-state index in [1.807, 2.05) is 42.5 Å². The number of halogens is 1. The van der Waals surface area contributed by atoms with E-state index in [0.29, 0.717) is 27.7 Å². The molecule has 0 aliphatic heterocycles. The SMILES string of the molecule is Cc1[nH]n(-c2cccc(Cl)c2)c(=O)c1/C=N/C(=O)Nc1cccc2ccccc12. The van der Waals surface area contributed by atoms with E-state index in [0.717, 1.165) is 10.8 Å². The molecule has 0 bridgehead atoms. The quantitative estimate of drug-likeness (QED) is 0.475. The summed E-state index contributed by atoms with van der Waals surface area (Å²) in [5, 5.41) is 8.19. The fraction of sp³-hybridized carbons (Fsp3) is 0.0455. The van der Waals surface area contributed by atoms with Gasteiger partial charge in [-0.15, -0.1) is 0 Å². The Morgan fingerprint density at radius 1 is 1.10 bits per heavy atom. The van der Waals surface area contributed by atoms with Crippen LogP contribution in [0.4, 0.5) is 10.5 Å². The smallest absolute Gasteiger partial charge is 0.305 e. The van der Waals surface area contributed by atoms with Gasteiger partial charge in [-0.2, -0.15) is 0 Å². The van der Waals surface area contributed by atoms with Gasteiger partial charge in [0.25, 0.3) is 5.56 Å². The number of urea groups is 1. The van der Waals surface area contributed by atoms with Crippen molar-refractivity contribution in [2.45, 2.75) is 6.92 Å². The van der Waals surface area contributed by atoms with Gasteiger partial charge in [0.15, 0.2) is 0 Å². The zero-order valence-electron chi connectivity index (χ0n) is 15.5. The van der Waals surface area contributed by atoms with Crippen LogP contribution >= 0.6 is 11.6 Å². The summed E-state index contributed by atoms with van der Waals surface area (Å²) in [6, 6.07) is 19.7. The van der Waals surface area contributed by atoms with Crippen LogP contribution in [-0.4, -0.2) is 22.0 Å². The number of aromatic amines is 1. The molecule has 2 N–H and O–H groups in total. The molecule has 0 aliphatic rings. The number of aromatic nitrogens is 2. The lowest BCUT2D eigenvalue weighted by Crippen LogP contribution is -2.17. The molecule has 0 saturated heterocycles. The Bertz CT molecular complexity index is 1300. The lowest BCUT2D eigenvalue weighted by atomic mass is 10.1. The number of benzene rings is 3. The number of fused-ring (bicyclic) bond motifs is 1. The van der Waals surface area contributed by atoms with Crippen molar-refractivity contribution in [3.05, 3.63) is 93.4 Å². The average molecular weight is 405 g/mol. The van der Waals surface area contributed by atoms with Gasteiger partial charge in [-0.25, -0.2) is 14.5 Å². The van der Waals surface area contributed by atoms with E-state index < -0.39 is 6.03 Å². The van der Waals surface area contributed by atoms with E-state index in [4.69, 9.17) is 11.6 Å². The number of carbonyl (C=O) groups excluding carboxylic acids is 1. The van der Waals surface area contributed by atoms with Crippen LogP contribution in [-0.2, 0) is 0 Å². The molecule has 0 fully saturated rings. The van der Waals surface area contributed by atoms with Crippen molar-refractivity contribution in [2.24, 2.45) is 4.99 Å². The second-order valence-electron chi connectivity index (χ2n) is 6.49. The van der Waals surface area contributed by atoms with Crippen molar-refractivity contribution < 1.29 is 4.79 Å². The molecular weight excluding hydrogens is 388 g/mol. The van der Waals surface area contributed by atoms with Crippen LogP contribution < -0.4 is 10.9 Å². The number of hydrogen-bond donors (Lipinski definition) is 2. The monoisotopic (exact) mass is 404 g/mol. The molecule has 29 heavy (non-hydrogen) atoms. The van der Waals surface area contributed by atoms with E-state index in [1.165, 1.54) is 10.9 Å². The molecule has 4 rings (SSSR count).